The fourth-order valence-electron chi connectivity index (χ4n) is 1.99. The average molecular weight is 172 g/mol. The van der Waals surface area contributed by atoms with Crippen LogP contribution < -0.4 is 0 Å². The Morgan fingerprint density at radius 3 is 1.92 bits per heavy atom. The molecule has 0 aliphatic heterocycles. The molecule has 0 spiro atoms. The molecule has 1 aliphatic carbocycles. The van der Waals surface area contributed by atoms with E-state index in [2.05, 4.69) is 13.8 Å². The number of rotatable bonds is 2. The first-order chi connectivity index (χ1) is 5.24. The predicted molar refractivity (Wildman–Crippen MR) is 54.3 cm³/mol. The van der Waals surface area contributed by atoms with Gasteiger partial charge >= 0.3 is 0 Å². The number of ether oxygens (including phenoxy) is 1. The molecule has 0 amide bonds. The summed E-state index contributed by atoms with van der Waals surface area (Å²) in [4.78, 5) is 0. The van der Waals surface area contributed by atoms with Gasteiger partial charge in [0.1, 0.15) is 0 Å². The summed E-state index contributed by atoms with van der Waals surface area (Å²) in [5.74, 6) is 1.83. The van der Waals surface area contributed by atoms with Crippen molar-refractivity contribution in [1.29, 1.82) is 0 Å². The van der Waals surface area contributed by atoms with Crippen LogP contribution in [0.5, 0.6) is 0 Å². The molecule has 0 aromatic heterocycles. The summed E-state index contributed by atoms with van der Waals surface area (Å²) in [6, 6.07) is 0. The fraction of sp³-hybridized carbons (Fsp3) is 1.00. The summed E-state index contributed by atoms with van der Waals surface area (Å²) in [6.07, 6.45) is 5.86. The number of methoxy groups -OCH3 is 1. The van der Waals surface area contributed by atoms with Crippen molar-refractivity contribution >= 4 is 0 Å². The molecule has 0 N–H and O–H groups in total. The molecule has 0 heterocycles. The van der Waals surface area contributed by atoms with Crippen molar-refractivity contribution in [1.82, 2.24) is 0 Å². The molecule has 1 fully saturated rings. The van der Waals surface area contributed by atoms with Crippen molar-refractivity contribution in [3.05, 3.63) is 0 Å². The molecule has 1 heteroatoms. The maximum absolute atomic E-state index is 5.32. The van der Waals surface area contributed by atoms with E-state index in [0.29, 0.717) is 6.10 Å². The SMILES string of the molecule is C.COC1CCC(C(C)C)CC1. The lowest BCUT2D eigenvalue weighted by atomic mass is 9.80. The minimum Gasteiger partial charge on any atom is -0.381 e. The quantitative estimate of drug-likeness (QED) is 0.619. The summed E-state index contributed by atoms with van der Waals surface area (Å²) in [7, 11) is 1.83. The topological polar surface area (TPSA) is 9.23 Å². The van der Waals surface area contributed by atoms with Crippen LogP contribution in [0.2, 0.25) is 0 Å². The zero-order chi connectivity index (χ0) is 8.27. The van der Waals surface area contributed by atoms with Crippen LogP contribution in [-0.2, 0) is 4.74 Å². The van der Waals surface area contributed by atoms with Gasteiger partial charge in [-0.25, -0.2) is 0 Å². The molecule has 0 bridgehead atoms. The molecule has 12 heavy (non-hydrogen) atoms. The standard InChI is InChI=1S/C10H20O.CH4/c1-8(2)9-4-6-10(11-3)7-5-9;/h8-10H,4-7H2,1-3H3;1H4. The minimum absolute atomic E-state index is 0. The van der Waals surface area contributed by atoms with Crippen LogP contribution in [0.4, 0.5) is 0 Å². The van der Waals surface area contributed by atoms with Crippen molar-refractivity contribution in [3.63, 3.8) is 0 Å². The van der Waals surface area contributed by atoms with E-state index in [4.69, 9.17) is 4.74 Å². The molecule has 0 unspecified atom stereocenters. The van der Waals surface area contributed by atoms with Crippen molar-refractivity contribution in [2.24, 2.45) is 11.8 Å². The molecule has 1 nitrogen and oxygen atoms in total. The third kappa shape index (κ3) is 3.14. The monoisotopic (exact) mass is 172 g/mol. The lowest BCUT2D eigenvalue weighted by molar-refractivity contribution is 0.0495. The van der Waals surface area contributed by atoms with E-state index in [0.717, 1.165) is 11.8 Å². The highest BCUT2D eigenvalue weighted by molar-refractivity contribution is 4.74. The van der Waals surface area contributed by atoms with Gasteiger partial charge in [-0.2, -0.15) is 0 Å². The molecule has 0 saturated heterocycles. The van der Waals surface area contributed by atoms with Crippen LogP contribution in [0, 0.1) is 11.8 Å². The Bertz CT molecular complexity index is 102. The van der Waals surface area contributed by atoms with Crippen LogP contribution in [0.25, 0.3) is 0 Å². The third-order valence-electron chi connectivity index (χ3n) is 3.00. The molecule has 0 atom stereocenters. The van der Waals surface area contributed by atoms with Gasteiger partial charge in [0.15, 0.2) is 0 Å². The van der Waals surface area contributed by atoms with Gasteiger partial charge in [-0.3, -0.25) is 0 Å². The van der Waals surface area contributed by atoms with Gasteiger partial charge in [-0.05, 0) is 37.5 Å². The highest BCUT2D eigenvalue weighted by Gasteiger charge is 2.22. The summed E-state index contributed by atoms with van der Waals surface area (Å²) in [6.45, 7) is 4.66. The minimum atomic E-state index is 0. The Balaban J connectivity index is 0.00000121. The Labute approximate surface area is 77.5 Å². The van der Waals surface area contributed by atoms with E-state index in [1.165, 1.54) is 25.7 Å². The highest BCUT2D eigenvalue weighted by atomic mass is 16.5. The van der Waals surface area contributed by atoms with Crippen molar-refractivity contribution in [2.75, 3.05) is 7.11 Å². The Hall–Kier alpha value is -0.0400. The van der Waals surface area contributed by atoms with Gasteiger partial charge in [0.05, 0.1) is 6.10 Å². The molecule has 1 rings (SSSR count). The molecule has 1 saturated carbocycles. The van der Waals surface area contributed by atoms with E-state index in [1.54, 1.807) is 0 Å². The second kappa shape index (κ2) is 5.58. The maximum Gasteiger partial charge on any atom is 0.0571 e. The van der Waals surface area contributed by atoms with Crippen LogP contribution >= 0.6 is 0 Å². The van der Waals surface area contributed by atoms with E-state index >= 15 is 0 Å². The zero-order valence-electron chi connectivity index (χ0n) is 7.97. The van der Waals surface area contributed by atoms with Gasteiger partial charge in [-0.15, -0.1) is 0 Å². The normalized spacial score (nSPS) is 30.0. The summed E-state index contributed by atoms with van der Waals surface area (Å²) in [5, 5.41) is 0. The van der Waals surface area contributed by atoms with Gasteiger partial charge in [0.25, 0.3) is 0 Å². The Morgan fingerprint density at radius 2 is 1.58 bits per heavy atom. The second-order valence-electron chi connectivity index (χ2n) is 4.02. The van der Waals surface area contributed by atoms with E-state index < -0.39 is 0 Å². The lowest BCUT2D eigenvalue weighted by Gasteiger charge is -2.29. The van der Waals surface area contributed by atoms with Gasteiger partial charge in [0, 0.05) is 7.11 Å². The summed E-state index contributed by atoms with van der Waals surface area (Å²) in [5.41, 5.74) is 0. The fourth-order valence-corrected chi connectivity index (χ4v) is 1.99. The maximum atomic E-state index is 5.32. The van der Waals surface area contributed by atoms with E-state index in [-0.39, 0.29) is 7.43 Å². The molecule has 0 aromatic rings. The first-order valence-electron chi connectivity index (χ1n) is 4.76. The molecule has 74 valence electrons. The van der Waals surface area contributed by atoms with Gasteiger partial charge in [-0.1, -0.05) is 21.3 Å². The third-order valence-corrected chi connectivity index (χ3v) is 3.00. The smallest absolute Gasteiger partial charge is 0.0571 e. The van der Waals surface area contributed by atoms with Gasteiger partial charge < -0.3 is 4.74 Å². The zero-order valence-corrected chi connectivity index (χ0v) is 7.97. The molecule has 0 aromatic carbocycles. The first kappa shape index (κ1) is 12.0. The molecular formula is C11H24O. The second-order valence-corrected chi connectivity index (χ2v) is 4.02. The Morgan fingerprint density at radius 1 is 1.08 bits per heavy atom. The largest absolute Gasteiger partial charge is 0.381 e. The first-order valence-corrected chi connectivity index (χ1v) is 4.76. The summed E-state index contributed by atoms with van der Waals surface area (Å²) >= 11 is 0. The van der Waals surface area contributed by atoms with Gasteiger partial charge in [0.2, 0.25) is 0 Å². The van der Waals surface area contributed by atoms with Crippen molar-refractivity contribution < 1.29 is 4.74 Å². The van der Waals surface area contributed by atoms with Crippen molar-refractivity contribution in [3.8, 4) is 0 Å². The number of hydrogen-bond acceptors (Lipinski definition) is 1. The van der Waals surface area contributed by atoms with Crippen LogP contribution in [-0.4, -0.2) is 13.2 Å². The highest BCUT2D eigenvalue weighted by Crippen LogP contribution is 2.30. The van der Waals surface area contributed by atoms with Crippen LogP contribution in [0.3, 0.4) is 0 Å². The van der Waals surface area contributed by atoms with Crippen LogP contribution in [0.1, 0.15) is 47.0 Å². The van der Waals surface area contributed by atoms with Crippen molar-refractivity contribution in [2.45, 2.75) is 53.1 Å². The molecular weight excluding hydrogens is 148 g/mol. The molecule has 1 aliphatic rings. The van der Waals surface area contributed by atoms with Crippen LogP contribution in [0.15, 0.2) is 0 Å². The molecule has 0 radical (unpaired) electrons. The lowest BCUT2D eigenvalue weighted by Crippen LogP contribution is -2.23. The Kier molecular flexibility index (Phi) is 5.56. The van der Waals surface area contributed by atoms with E-state index in [9.17, 15) is 0 Å². The number of hydrogen-bond donors (Lipinski definition) is 0. The predicted octanol–water partition coefficient (Wildman–Crippen LogP) is 3.48. The summed E-state index contributed by atoms with van der Waals surface area (Å²) < 4.78 is 5.32. The van der Waals surface area contributed by atoms with E-state index in [1.807, 2.05) is 7.11 Å². The average Bonchev–Trinajstić information content (AvgIpc) is 2.05.